The lowest BCUT2D eigenvalue weighted by Crippen LogP contribution is -2.21. The zero-order valence-corrected chi connectivity index (χ0v) is 11.4. The van der Waals surface area contributed by atoms with Crippen LogP contribution in [0.5, 0.6) is 0 Å². The Hall–Kier alpha value is -0.830. The lowest BCUT2D eigenvalue weighted by Gasteiger charge is -2.05. The van der Waals surface area contributed by atoms with E-state index >= 15 is 0 Å². The lowest BCUT2D eigenvalue weighted by atomic mass is 10.1. The van der Waals surface area contributed by atoms with Gasteiger partial charge in [0.1, 0.15) is 0 Å². The zero-order valence-electron chi connectivity index (χ0n) is 11.4. The highest BCUT2D eigenvalue weighted by Crippen LogP contribution is 2.06. The Morgan fingerprint density at radius 1 is 1.24 bits per heavy atom. The Morgan fingerprint density at radius 2 is 2.00 bits per heavy atom. The maximum absolute atomic E-state index is 5.93. The molecule has 1 atom stereocenters. The van der Waals surface area contributed by atoms with Gasteiger partial charge in [0, 0.05) is 18.8 Å². The molecule has 1 heterocycles. The molecule has 98 valence electrons. The summed E-state index contributed by atoms with van der Waals surface area (Å²) in [5.74, 6) is 0. The van der Waals surface area contributed by atoms with Gasteiger partial charge < -0.3 is 5.73 Å². The van der Waals surface area contributed by atoms with Gasteiger partial charge in [-0.05, 0) is 24.8 Å². The van der Waals surface area contributed by atoms with E-state index < -0.39 is 0 Å². The number of aryl methyl sites for hydroxylation is 1. The average molecular weight is 237 g/mol. The zero-order chi connectivity index (χ0) is 12.5. The molecule has 0 spiro atoms. The summed E-state index contributed by atoms with van der Waals surface area (Å²) in [4.78, 5) is 0. The van der Waals surface area contributed by atoms with Gasteiger partial charge >= 0.3 is 0 Å². The highest BCUT2D eigenvalue weighted by molar-refractivity contribution is 5.05. The lowest BCUT2D eigenvalue weighted by molar-refractivity contribution is 0.532. The van der Waals surface area contributed by atoms with Crippen molar-refractivity contribution in [2.24, 2.45) is 5.73 Å². The van der Waals surface area contributed by atoms with Crippen LogP contribution in [-0.4, -0.2) is 15.8 Å². The highest BCUT2D eigenvalue weighted by Gasteiger charge is 2.03. The van der Waals surface area contributed by atoms with E-state index in [0.29, 0.717) is 0 Å². The Bertz CT molecular complexity index is 293. The van der Waals surface area contributed by atoms with Gasteiger partial charge in [-0.2, -0.15) is 5.10 Å². The Labute approximate surface area is 105 Å². The Balaban J connectivity index is 2.21. The number of rotatable bonds is 9. The molecule has 1 unspecified atom stereocenters. The molecule has 2 N–H and O–H groups in total. The van der Waals surface area contributed by atoms with E-state index in [2.05, 4.69) is 29.8 Å². The van der Waals surface area contributed by atoms with Gasteiger partial charge in [-0.3, -0.25) is 4.68 Å². The van der Waals surface area contributed by atoms with Crippen LogP contribution in [0.1, 0.15) is 57.9 Å². The molecule has 1 aromatic heterocycles. The molecular formula is C14H27N3. The Morgan fingerprint density at radius 3 is 2.71 bits per heavy atom. The van der Waals surface area contributed by atoms with Crippen LogP contribution >= 0.6 is 0 Å². The molecule has 3 nitrogen and oxygen atoms in total. The molecule has 0 aliphatic rings. The topological polar surface area (TPSA) is 43.8 Å². The van der Waals surface area contributed by atoms with E-state index in [4.69, 9.17) is 5.73 Å². The minimum Gasteiger partial charge on any atom is -0.327 e. The monoisotopic (exact) mass is 237 g/mol. The average Bonchev–Trinajstić information content (AvgIpc) is 2.76. The normalized spacial score (nSPS) is 12.9. The van der Waals surface area contributed by atoms with Crippen molar-refractivity contribution < 1.29 is 0 Å². The van der Waals surface area contributed by atoms with Crippen molar-refractivity contribution in [3.63, 3.8) is 0 Å². The largest absolute Gasteiger partial charge is 0.327 e. The second-order valence-electron chi connectivity index (χ2n) is 4.90. The van der Waals surface area contributed by atoms with Crippen LogP contribution in [0, 0.1) is 0 Å². The fourth-order valence-electron chi connectivity index (χ4n) is 1.96. The minimum atomic E-state index is 0.275. The van der Waals surface area contributed by atoms with E-state index in [1.807, 2.05) is 6.20 Å². The maximum atomic E-state index is 5.93. The first kappa shape index (κ1) is 14.2. The van der Waals surface area contributed by atoms with Crippen molar-refractivity contribution in [2.75, 3.05) is 0 Å². The van der Waals surface area contributed by atoms with Crippen molar-refractivity contribution in [1.29, 1.82) is 0 Å². The summed E-state index contributed by atoms with van der Waals surface area (Å²) in [6.07, 6.45) is 12.7. The van der Waals surface area contributed by atoms with E-state index in [-0.39, 0.29) is 6.04 Å². The smallest absolute Gasteiger partial charge is 0.0522 e. The first-order valence-corrected chi connectivity index (χ1v) is 7.03. The predicted molar refractivity (Wildman–Crippen MR) is 73.0 cm³/mol. The molecule has 0 aromatic carbocycles. The molecule has 0 aliphatic heterocycles. The summed E-state index contributed by atoms with van der Waals surface area (Å²) in [5, 5.41) is 4.38. The highest BCUT2D eigenvalue weighted by atomic mass is 15.3. The van der Waals surface area contributed by atoms with E-state index in [0.717, 1.165) is 19.4 Å². The molecule has 0 bridgehead atoms. The van der Waals surface area contributed by atoms with Gasteiger partial charge in [-0.15, -0.1) is 0 Å². The quantitative estimate of drug-likeness (QED) is 0.671. The number of nitrogens with two attached hydrogens (primary N) is 1. The second-order valence-corrected chi connectivity index (χ2v) is 4.90. The Kier molecular flexibility index (Phi) is 6.94. The summed E-state index contributed by atoms with van der Waals surface area (Å²) in [6, 6.07) is 0.275. The van der Waals surface area contributed by atoms with Gasteiger partial charge in [0.05, 0.1) is 6.20 Å². The van der Waals surface area contributed by atoms with Crippen molar-refractivity contribution in [3.05, 3.63) is 18.0 Å². The van der Waals surface area contributed by atoms with Gasteiger partial charge in [0.25, 0.3) is 0 Å². The third kappa shape index (κ3) is 5.87. The number of aromatic nitrogens is 2. The van der Waals surface area contributed by atoms with Crippen LogP contribution in [0.15, 0.2) is 12.4 Å². The van der Waals surface area contributed by atoms with Crippen molar-refractivity contribution in [1.82, 2.24) is 9.78 Å². The van der Waals surface area contributed by atoms with Crippen LogP contribution < -0.4 is 5.73 Å². The predicted octanol–water partition coefficient (Wildman–Crippen LogP) is 3.13. The first-order chi connectivity index (χ1) is 8.26. The summed E-state index contributed by atoms with van der Waals surface area (Å²) >= 11 is 0. The second kappa shape index (κ2) is 8.29. The maximum Gasteiger partial charge on any atom is 0.0522 e. The third-order valence-corrected chi connectivity index (χ3v) is 3.20. The molecular weight excluding hydrogens is 210 g/mol. The van der Waals surface area contributed by atoms with Gasteiger partial charge in [0.2, 0.25) is 0 Å². The minimum absolute atomic E-state index is 0.275. The summed E-state index contributed by atoms with van der Waals surface area (Å²) < 4.78 is 2.06. The fourth-order valence-corrected chi connectivity index (χ4v) is 1.96. The van der Waals surface area contributed by atoms with Gasteiger partial charge in [-0.1, -0.05) is 39.5 Å². The number of unbranched alkanes of at least 4 members (excludes halogenated alkanes) is 4. The molecule has 1 aromatic rings. The van der Waals surface area contributed by atoms with Gasteiger partial charge in [-0.25, -0.2) is 0 Å². The van der Waals surface area contributed by atoms with E-state index in [1.54, 1.807) is 0 Å². The van der Waals surface area contributed by atoms with Crippen LogP contribution in [0.25, 0.3) is 0 Å². The van der Waals surface area contributed by atoms with E-state index in [1.165, 1.54) is 37.7 Å². The van der Waals surface area contributed by atoms with Gasteiger partial charge in [0.15, 0.2) is 0 Å². The van der Waals surface area contributed by atoms with Crippen LogP contribution in [-0.2, 0) is 13.0 Å². The summed E-state index contributed by atoms with van der Waals surface area (Å²) in [5.41, 5.74) is 7.20. The molecule has 0 saturated heterocycles. The van der Waals surface area contributed by atoms with E-state index in [9.17, 15) is 0 Å². The molecule has 0 fully saturated rings. The SMILES string of the molecule is CCCCCCCn1cc(CC(N)CC)cn1. The first-order valence-electron chi connectivity index (χ1n) is 7.03. The molecule has 0 amide bonds. The summed E-state index contributed by atoms with van der Waals surface area (Å²) in [6.45, 7) is 5.42. The molecule has 0 aliphatic carbocycles. The molecule has 0 radical (unpaired) electrons. The third-order valence-electron chi connectivity index (χ3n) is 3.20. The van der Waals surface area contributed by atoms with Crippen molar-refractivity contribution in [3.8, 4) is 0 Å². The van der Waals surface area contributed by atoms with Crippen LogP contribution in [0.3, 0.4) is 0 Å². The number of hydrogen-bond acceptors (Lipinski definition) is 2. The molecule has 0 saturated carbocycles. The number of hydrogen-bond donors (Lipinski definition) is 1. The van der Waals surface area contributed by atoms with Crippen molar-refractivity contribution in [2.45, 2.75) is 71.4 Å². The summed E-state index contributed by atoms with van der Waals surface area (Å²) in [7, 11) is 0. The molecule has 17 heavy (non-hydrogen) atoms. The van der Waals surface area contributed by atoms with Crippen LogP contribution in [0.2, 0.25) is 0 Å². The standard InChI is InChI=1S/C14H27N3/c1-3-5-6-7-8-9-17-12-13(11-16-17)10-14(15)4-2/h11-12,14H,3-10,15H2,1-2H3. The molecule has 1 rings (SSSR count). The molecule has 3 heteroatoms. The number of nitrogens with zero attached hydrogens (tertiary/aromatic N) is 2. The van der Waals surface area contributed by atoms with Crippen molar-refractivity contribution >= 4 is 0 Å². The fraction of sp³-hybridized carbons (Fsp3) is 0.786. The van der Waals surface area contributed by atoms with Crippen LogP contribution in [0.4, 0.5) is 0 Å².